The molecule has 2 aromatic rings. The van der Waals surface area contributed by atoms with Crippen LogP contribution >= 0.6 is 11.6 Å². The van der Waals surface area contributed by atoms with Crippen LogP contribution in [0.15, 0.2) is 48.2 Å². The van der Waals surface area contributed by atoms with Crippen molar-refractivity contribution in [2.75, 3.05) is 0 Å². The summed E-state index contributed by atoms with van der Waals surface area (Å²) < 4.78 is 44.5. The quantitative estimate of drug-likeness (QED) is 0.413. The SMILES string of the molecule is O=C(CCC1CCCC1)NC(=Cc1ccc(Oc2cccc(C(F)(F)F)c2Cl)cc1)C(=O)O. The summed E-state index contributed by atoms with van der Waals surface area (Å²) in [7, 11) is 0. The number of ether oxygens (including phenoxy) is 1. The third-order valence-corrected chi connectivity index (χ3v) is 5.84. The van der Waals surface area contributed by atoms with E-state index in [1.807, 2.05) is 0 Å². The molecule has 0 unspecified atom stereocenters. The van der Waals surface area contributed by atoms with Gasteiger partial charge in [0.15, 0.2) is 0 Å². The summed E-state index contributed by atoms with van der Waals surface area (Å²) in [5, 5.41) is 11.3. The maximum absolute atomic E-state index is 13.0. The van der Waals surface area contributed by atoms with Crippen molar-refractivity contribution in [1.29, 1.82) is 0 Å². The Morgan fingerprint density at radius 2 is 1.79 bits per heavy atom. The van der Waals surface area contributed by atoms with Crippen LogP contribution < -0.4 is 10.1 Å². The molecule has 0 aromatic heterocycles. The largest absolute Gasteiger partial charge is 0.477 e. The first-order valence-electron chi connectivity index (χ1n) is 10.5. The third kappa shape index (κ3) is 6.99. The molecule has 1 saturated carbocycles. The number of halogens is 4. The van der Waals surface area contributed by atoms with Gasteiger partial charge in [-0.2, -0.15) is 13.2 Å². The molecule has 1 amide bonds. The zero-order valence-electron chi connectivity index (χ0n) is 17.6. The molecule has 0 aliphatic heterocycles. The number of hydrogen-bond acceptors (Lipinski definition) is 3. The topological polar surface area (TPSA) is 75.6 Å². The number of alkyl halides is 3. The van der Waals surface area contributed by atoms with Gasteiger partial charge in [-0.3, -0.25) is 4.79 Å². The van der Waals surface area contributed by atoms with Crippen LogP contribution in [0.25, 0.3) is 6.08 Å². The van der Waals surface area contributed by atoms with Crippen molar-refractivity contribution in [2.45, 2.75) is 44.7 Å². The number of nitrogens with one attached hydrogen (secondary N) is 1. The highest BCUT2D eigenvalue weighted by molar-refractivity contribution is 6.32. The van der Waals surface area contributed by atoms with Gasteiger partial charge in [0.25, 0.3) is 0 Å². The fourth-order valence-electron chi connectivity index (χ4n) is 3.73. The second-order valence-corrected chi connectivity index (χ2v) is 8.27. The fourth-order valence-corrected chi connectivity index (χ4v) is 4.00. The monoisotopic (exact) mass is 481 g/mol. The molecule has 0 bridgehead atoms. The molecular weight excluding hydrogens is 459 g/mol. The minimum Gasteiger partial charge on any atom is -0.477 e. The van der Waals surface area contributed by atoms with E-state index >= 15 is 0 Å². The van der Waals surface area contributed by atoms with Crippen molar-refractivity contribution >= 4 is 29.6 Å². The standard InChI is InChI=1S/C24H23ClF3NO4/c25-22-18(24(26,27)28)6-3-7-20(22)33-17-11-8-16(9-12-17)14-19(23(31)32)29-21(30)13-10-15-4-1-2-5-15/h3,6-9,11-12,14-15H,1-2,4-5,10,13H2,(H,29,30)(H,31,32). The summed E-state index contributed by atoms with van der Waals surface area (Å²) in [5.74, 6) is -1.05. The van der Waals surface area contributed by atoms with Crippen molar-refractivity contribution in [3.05, 3.63) is 64.3 Å². The maximum Gasteiger partial charge on any atom is 0.417 e. The molecule has 0 atom stereocenters. The number of carboxylic acids is 1. The van der Waals surface area contributed by atoms with Gasteiger partial charge < -0.3 is 15.2 Å². The molecule has 0 heterocycles. The Hall–Kier alpha value is -3.00. The molecule has 3 rings (SSSR count). The van der Waals surface area contributed by atoms with Crippen LogP contribution in [0, 0.1) is 5.92 Å². The Balaban J connectivity index is 1.66. The Morgan fingerprint density at radius 3 is 2.39 bits per heavy atom. The molecule has 0 saturated heterocycles. The highest BCUT2D eigenvalue weighted by atomic mass is 35.5. The normalized spacial score (nSPS) is 14.8. The first-order valence-corrected chi connectivity index (χ1v) is 10.9. The van der Waals surface area contributed by atoms with E-state index in [-0.39, 0.29) is 29.5 Å². The Labute approximate surface area is 194 Å². The van der Waals surface area contributed by atoms with E-state index < -0.39 is 22.7 Å². The van der Waals surface area contributed by atoms with E-state index in [9.17, 15) is 27.9 Å². The van der Waals surface area contributed by atoms with E-state index in [0.29, 0.717) is 11.5 Å². The van der Waals surface area contributed by atoms with Crippen LogP contribution in [0.4, 0.5) is 13.2 Å². The molecule has 5 nitrogen and oxygen atoms in total. The molecule has 0 radical (unpaired) electrons. The van der Waals surface area contributed by atoms with Crippen molar-refractivity contribution in [3.63, 3.8) is 0 Å². The maximum atomic E-state index is 13.0. The summed E-state index contributed by atoms with van der Waals surface area (Å²) >= 11 is 5.83. The molecule has 1 aliphatic rings. The van der Waals surface area contributed by atoms with E-state index in [0.717, 1.165) is 25.3 Å². The average molecular weight is 482 g/mol. The molecule has 9 heteroatoms. The second kappa shape index (κ2) is 10.7. The second-order valence-electron chi connectivity index (χ2n) is 7.89. The number of aliphatic carboxylic acids is 1. The smallest absolute Gasteiger partial charge is 0.417 e. The molecule has 0 spiro atoms. The van der Waals surface area contributed by atoms with Crippen LogP contribution in [0.2, 0.25) is 5.02 Å². The lowest BCUT2D eigenvalue weighted by Crippen LogP contribution is -2.27. The summed E-state index contributed by atoms with van der Waals surface area (Å²) in [4.78, 5) is 23.7. The first kappa shape index (κ1) is 24.6. The summed E-state index contributed by atoms with van der Waals surface area (Å²) in [6.07, 6.45) is 2.25. The summed E-state index contributed by atoms with van der Waals surface area (Å²) in [6.45, 7) is 0. The van der Waals surface area contributed by atoms with Gasteiger partial charge in [0.2, 0.25) is 5.91 Å². The van der Waals surface area contributed by atoms with E-state index in [4.69, 9.17) is 16.3 Å². The first-order chi connectivity index (χ1) is 15.6. The molecular formula is C24H23ClF3NO4. The average Bonchev–Trinajstić information content (AvgIpc) is 3.27. The lowest BCUT2D eigenvalue weighted by Gasteiger charge is -2.13. The molecule has 2 N–H and O–H groups in total. The molecule has 33 heavy (non-hydrogen) atoms. The lowest BCUT2D eigenvalue weighted by molar-refractivity contribution is -0.137. The number of amides is 1. The van der Waals surface area contributed by atoms with Crippen molar-refractivity contribution in [1.82, 2.24) is 5.32 Å². The van der Waals surface area contributed by atoms with E-state index in [2.05, 4.69) is 5.32 Å². The summed E-state index contributed by atoms with van der Waals surface area (Å²) in [6, 6.07) is 9.33. The van der Waals surface area contributed by atoms with Crippen LogP contribution in [0.5, 0.6) is 11.5 Å². The zero-order valence-corrected chi connectivity index (χ0v) is 18.4. The van der Waals surface area contributed by atoms with Crippen LogP contribution in [-0.2, 0) is 15.8 Å². The van der Waals surface area contributed by atoms with Gasteiger partial charge in [0, 0.05) is 6.42 Å². The molecule has 1 fully saturated rings. The Kier molecular flexibility index (Phi) is 8.02. The van der Waals surface area contributed by atoms with Gasteiger partial charge in [-0.15, -0.1) is 0 Å². The van der Waals surface area contributed by atoms with Crippen LogP contribution in [0.1, 0.15) is 49.7 Å². The molecule has 1 aliphatic carbocycles. The number of carbonyl (C=O) groups excluding carboxylic acids is 1. The molecule has 176 valence electrons. The number of rotatable bonds is 8. The van der Waals surface area contributed by atoms with Crippen molar-refractivity contribution < 1.29 is 32.6 Å². The van der Waals surface area contributed by atoms with Gasteiger partial charge in [0.1, 0.15) is 17.2 Å². The predicted molar refractivity (Wildman–Crippen MR) is 118 cm³/mol. The predicted octanol–water partition coefficient (Wildman–Crippen LogP) is 6.66. The third-order valence-electron chi connectivity index (χ3n) is 5.45. The fraction of sp³-hybridized carbons (Fsp3) is 0.333. The lowest BCUT2D eigenvalue weighted by atomic mass is 10.0. The van der Waals surface area contributed by atoms with E-state index in [1.54, 1.807) is 0 Å². The number of carboxylic acid groups (broad SMARTS) is 1. The zero-order chi connectivity index (χ0) is 24.0. The highest BCUT2D eigenvalue weighted by Crippen LogP contribution is 2.40. The number of hydrogen-bond donors (Lipinski definition) is 2. The van der Waals surface area contributed by atoms with Crippen molar-refractivity contribution in [2.24, 2.45) is 5.92 Å². The van der Waals surface area contributed by atoms with Crippen LogP contribution in [0.3, 0.4) is 0 Å². The van der Waals surface area contributed by atoms with E-state index in [1.165, 1.54) is 55.3 Å². The van der Waals surface area contributed by atoms with Gasteiger partial charge in [0.05, 0.1) is 10.6 Å². The minimum atomic E-state index is -4.61. The van der Waals surface area contributed by atoms with Gasteiger partial charge in [-0.25, -0.2) is 4.79 Å². The summed E-state index contributed by atoms with van der Waals surface area (Å²) in [5.41, 5.74) is -0.803. The Bertz CT molecular complexity index is 1030. The van der Waals surface area contributed by atoms with Crippen molar-refractivity contribution in [3.8, 4) is 11.5 Å². The molecule has 2 aromatic carbocycles. The van der Waals surface area contributed by atoms with Gasteiger partial charge >= 0.3 is 12.1 Å². The number of carbonyl (C=O) groups is 2. The van der Waals surface area contributed by atoms with Crippen LogP contribution in [-0.4, -0.2) is 17.0 Å². The highest BCUT2D eigenvalue weighted by Gasteiger charge is 2.34. The van der Waals surface area contributed by atoms with Gasteiger partial charge in [-0.1, -0.05) is 55.5 Å². The van der Waals surface area contributed by atoms with Gasteiger partial charge in [-0.05, 0) is 48.2 Å². The minimum absolute atomic E-state index is 0.157. The number of benzene rings is 2. The Morgan fingerprint density at radius 1 is 1.12 bits per heavy atom.